The summed E-state index contributed by atoms with van der Waals surface area (Å²) in [5.74, 6) is 0.693. The van der Waals surface area contributed by atoms with Gasteiger partial charge in [-0.25, -0.2) is 9.78 Å². The van der Waals surface area contributed by atoms with Gasteiger partial charge in [-0.15, -0.1) is 0 Å². The maximum atomic E-state index is 12.0. The van der Waals surface area contributed by atoms with Gasteiger partial charge in [0.05, 0.1) is 5.69 Å². The number of rotatable bonds is 2. The van der Waals surface area contributed by atoms with E-state index in [1.807, 2.05) is 26.8 Å². The van der Waals surface area contributed by atoms with E-state index in [1.54, 1.807) is 11.1 Å². The van der Waals surface area contributed by atoms with Crippen molar-refractivity contribution in [3.63, 3.8) is 0 Å². The number of hydrogen-bond acceptors (Lipinski definition) is 5. The lowest BCUT2D eigenvalue weighted by Crippen LogP contribution is -2.44. The summed E-state index contributed by atoms with van der Waals surface area (Å²) in [4.78, 5) is 18.1. The second-order valence-corrected chi connectivity index (χ2v) is 7.39. The first-order chi connectivity index (χ1) is 10.2. The fourth-order valence-electron chi connectivity index (χ4n) is 2.30. The molecule has 1 aromatic heterocycles. The Morgan fingerprint density at radius 2 is 2.09 bits per heavy atom. The average Bonchev–Trinajstić information content (AvgIpc) is 2.41. The molecule has 1 aromatic rings. The minimum absolute atomic E-state index is 0.243. The zero-order chi connectivity index (χ0) is 16.3. The number of pyridine rings is 1. The molecule has 2 rings (SSSR count). The van der Waals surface area contributed by atoms with E-state index in [4.69, 9.17) is 10.5 Å². The van der Waals surface area contributed by atoms with E-state index in [0.717, 1.165) is 17.3 Å². The van der Waals surface area contributed by atoms with Gasteiger partial charge in [0.25, 0.3) is 0 Å². The van der Waals surface area contributed by atoms with Crippen LogP contribution in [0.5, 0.6) is 0 Å². The molecule has 122 valence electrons. The molecular formula is C15H23BrN4O2. The Hall–Kier alpha value is -1.50. The van der Waals surface area contributed by atoms with Crippen molar-refractivity contribution in [3.05, 3.63) is 16.7 Å². The molecule has 0 spiro atoms. The summed E-state index contributed by atoms with van der Waals surface area (Å²) in [6.07, 6.45) is 3.16. The van der Waals surface area contributed by atoms with Gasteiger partial charge in [0.1, 0.15) is 11.4 Å². The molecule has 0 radical (unpaired) electrons. The molecule has 6 nitrogen and oxygen atoms in total. The van der Waals surface area contributed by atoms with Crippen molar-refractivity contribution < 1.29 is 9.53 Å². The van der Waals surface area contributed by atoms with Crippen molar-refractivity contribution in [2.24, 2.45) is 0 Å². The number of nitrogens with two attached hydrogens (primary N) is 1. The summed E-state index contributed by atoms with van der Waals surface area (Å²) < 4.78 is 6.25. The normalized spacial score (nSPS) is 16.5. The number of likely N-dealkylation sites (tertiary alicyclic amines) is 1. The van der Waals surface area contributed by atoms with Crippen molar-refractivity contribution in [2.75, 3.05) is 24.1 Å². The molecule has 7 heteroatoms. The van der Waals surface area contributed by atoms with Gasteiger partial charge in [0.2, 0.25) is 0 Å². The number of carbonyl (C=O) groups excluding carboxylic acids is 1. The molecule has 0 aliphatic carbocycles. The second-order valence-electron chi connectivity index (χ2n) is 6.48. The Morgan fingerprint density at radius 1 is 1.45 bits per heavy atom. The fourth-order valence-corrected chi connectivity index (χ4v) is 2.65. The Kier molecular flexibility index (Phi) is 5.16. The SMILES string of the molecule is CC(C)(C)OC(=O)N1CCC(Nc2ncc(Br)cc2N)CC1. The molecule has 3 N–H and O–H groups in total. The highest BCUT2D eigenvalue weighted by molar-refractivity contribution is 9.10. The molecule has 1 aliphatic rings. The molecule has 1 amide bonds. The highest BCUT2D eigenvalue weighted by Crippen LogP contribution is 2.23. The molecule has 0 saturated carbocycles. The number of ether oxygens (including phenoxy) is 1. The lowest BCUT2D eigenvalue weighted by atomic mass is 10.1. The number of aromatic nitrogens is 1. The van der Waals surface area contributed by atoms with Crippen molar-refractivity contribution in [3.8, 4) is 0 Å². The van der Waals surface area contributed by atoms with Crippen molar-refractivity contribution in [1.29, 1.82) is 0 Å². The summed E-state index contributed by atoms with van der Waals surface area (Å²) in [6.45, 7) is 6.97. The molecule has 0 bridgehead atoms. The predicted molar refractivity (Wildman–Crippen MR) is 90.8 cm³/mol. The summed E-state index contributed by atoms with van der Waals surface area (Å²) in [6, 6.07) is 2.08. The Bertz CT molecular complexity index is 537. The lowest BCUT2D eigenvalue weighted by molar-refractivity contribution is 0.0210. The number of nitrogen functional groups attached to an aromatic ring is 1. The maximum Gasteiger partial charge on any atom is 0.410 e. The highest BCUT2D eigenvalue weighted by atomic mass is 79.9. The molecule has 0 atom stereocenters. The fraction of sp³-hybridized carbons (Fsp3) is 0.600. The van der Waals surface area contributed by atoms with Gasteiger partial charge >= 0.3 is 6.09 Å². The minimum Gasteiger partial charge on any atom is -0.444 e. The summed E-state index contributed by atoms with van der Waals surface area (Å²) in [7, 11) is 0. The number of nitrogens with one attached hydrogen (secondary N) is 1. The average molecular weight is 371 g/mol. The predicted octanol–water partition coefficient (Wildman–Crippen LogP) is 3.24. The molecule has 22 heavy (non-hydrogen) atoms. The minimum atomic E-state index is -0.456. The molecule has 0 unspecified atom stereocenters. The van der Waals surface area contributed by atoms with Gasteiger partial charge in [-0.05, 0) is 55.6 Å². The number of nitrogens with zero attached hydrogens (tertiary/aromatic N) is 2. The monoisotopic (exact) mass is 370 g/mol. The standard InChI is InChI=1S/C15H23BrN4O2/c1-15(2,3)22-14(21)20-6-4-11(5-7-20)19-13-12(17)8-10(16)9-18-13/h8-9,11H,4-7,17H2,1-3H3,(H,18,19). The molecule has 1 fully saturated rings. The number of amides is 1. The first kappa shape index (κ1) is 16.9. The molecule has 1 aliphatic heterocycles. The van der Waals surface area contributed by atoms with Gasteiger partial charge < -0.3 is 20.7 Å². The van der Waals surface area contributed by atoms with Crippen LogP contribution in [0.1, 0.15) is 33.6 Å². The van der Waals surface area contributed by atoms with E-state index in [0.29, 0.717) is 24.6 Å². The topological polar surface area (TPSA) is 80.5 Å². The first-order valence-corrected chi connectivity index (χ1v) is 8.19. The third-order valence-electron chi connectivity index (χ3n) is 3.37. The van der Waals surface area contributed by atoms with E-state index in [2.05, 4.69) is 26.2 Å². The van der Waals surface area contributed by atoms with Crippen LogP contribution < -0.4 is 11.1 Å². The van der Waals surface area contributed by atoms with Crippen molar-refractivity contribution >= 4 is 33.5 Å². The summed E-state index contributed by atoms with van der Waals surface area (Å²) >= 11 is 3.34. The Balaban J connectivity index is 1.86. The summed E-state index contributed by atoms with van der Waals surface area (Å²) in [5, 5.41) is 3.35. The Morgan fingerprint density at radius 3 is 2.64 bits per heavy atom. The largest absolute Gasteiger partial charge is 0.444 e. The third-order valence-corrected chi connectivity index (χ3v) is 3.80. The van der Waals surface area contributed by atoms with Gasteiger partial charge in [-0.1, -0.05) is 0 Å². The van der Waals surface area contributed by atoms with Crippen LogP contribution in [-0.4, -0.2) is 40.7 Å². The van der Waals surface area contributed by atoms with Gasteiger partial charge in [-0.2, -0.15) is 0 Å². The third kappa shape index (κ3) is 4.76. The van der Waals surface area contributed by atoms with Crippen molar-refractivity contribution in [1.82, 2.24) is 9.88 Å². The van der Waals surface area contributed by atoms with Crippen LogP contribution >= 0.6 is 15.9 Å². The van der Waals surface area contributed by atoms with E-state index >= 15 is 0 Å². The highest BCUT2D eigenvalue weighted by Gasteiger charge is 2.27. The zero-order valence-electron chi connectivity index (χ0n) is 13.2. The number of piperidine rings is 1. The number of carbonyl (C=O) groups is 1. The number of hydrogen-bond donors (Lipinski definition) is 2. The van der Waals surface area contributed by atoms with E-state index in [1.165, 1.54) is 0 Å². The lowest BCUT2D eigenvalue weighted by Gasteiger charge is -2.34. The van der Waals surface area contributed by atoms with Crippen LogP contribution in [0, 0.1) is 0 Å². The van der Waals surface area contributed by atoms with Gasteiger partial charge in [0.15, 0.2) is 0 Å². The van der Waals surface area contributed by atoms with Crippen molar-refractivity contribution in [2.45, 2.75) is 45.3 Å². The second kappa shape index (κ2) is 6.73. The maximum absolute atomic E-state index is 12.0. The summed E-state index contributed by atoms with van der Waals surface area (Å²) in [5.41, 5.74) is 6.10. The van der Waals surface area contributed by atoms with Crippen LogP contribution in [-0.2, 0) is 4.74 Å². The number of anilines is 2. The first-order valence-electron chi connectivity index (χ1n) is 7.40. The molecule has 2 heterocycles. The molecular weight excluding hydrogens is 348 g/mol. The molecule has 1 saturated heterocycles. The van der Waals surface area contributed by atoms with Crippen LogP contribution in [0.2, 0.25) is 0 Å². The van der Waals surface area contributed by atoms with Gasteiger partial charge in [0, 0.05) is 29.8 Å². The van der Waals surface area contributed by atoms with Crippen LogP contribution in [0.25, 0.3) is 0 Å². The van der Waals surface area contributed by atoms with E-state index in [-0.39, 0.29) is 12.1 Å². The van der Waals surface area contributed by atoms with E-state index in [9.17, 15) is 4.79 Å². The quantitative estimate of drug-likeness (QED) is 0.834. The Labute approximate surface area is 139 Å². The smallest absolute Gasteiger partial charge is 0.410 e. The molecule has 0 aromatic carbocycles. The van der Waals surface area contributed by atoms with E-state index < -0.39 is 5.60 Å². The van der Waals surface area contributed by atoms with Gasteiger partial charge in [-0.3, -0.25) is 0 Å². The zero-order valence-corrected chi connectivity index (χ0v) is 14.8. The van der Waals surface area contributed by atoms with Crippen LogP contribution in [0.15, 0.2) is 16.7 Å². The number of halogens is 1. The van der Waals surface area contributed by atoms with Crippen LogP contribution in [0.3, 0.4) is 0 Å². The van der Waals surface area contributed by atoms with Crippen LogP contribution in [0.4, 0.5) is 16.3 Å².